The van der Waals surface area contributed by atoms with Crippen molar-refractivity contribution in [1.82, 2.24) is 10.2 Å². The molecule has 1 aliphatic rings. The van der Waals surface area contributed by atoms with Crippen LogP contribution in [-0.4, -0.2) is 28.8 Å². The molecule has 3 rings (SSSR count). The van der Waals surface area contributed by atoms with E-state index in [1.807, 2.05) is 50.2 Å². The fourth-order valence-electron chi connectivity index (χ4n) is 4.23. The number of carbonyl (C=O) groups is 2. The van der Waals surface area contributed by atoms with Crippen molar-refractivity contribution < 1.29 is 9.59 Å². The second-order valence-electron chi connectivity index (χ2n) is 8.58. The molecule has 0 unspecified atom stereocenters. The zero-order chi connectivity index (χ0) is 22.2. The first kappa shape index (κ1) is 23.3. The summed E-state index contributed by atoms with van der Waals surface area (Å²) in [6, 6.07) is 15.2. The molecule has 0 saturated heterocycles. The summed E-state index contributed by atoms with van der Waals surface area (Å²) in [5.41, 5.74) is 3.09. The third-order valence-corrected chi connectivity index (χ3v) is 6.33. The van der Waals surface area contributed by atoms with Crippen molar-refractivity contribution in [3.63, 3.8) is 0 Å². The Hall–Kier alpha value is -2.33. The van der Waals surface area contributed by atoms with E-state index in [0.717, 1.165) is 36.8 Å². The molecule has 0 bridgehead atoms. The van der Waals surface area contributed by atoms with Gasteiger partial charge in [-0.1, -0.05) is 79.7 Å². The summed E-state index contributed by atoms with van der Waals surface area (Å²) in [5.74, 6) is -0.0838. The van der Waals surface area contributed by atoms with Crippen LogP contribution in [0.5, 0.6) is 0 Å². The Labute approximate surface area is 191 Å². The summed E-state index contributed by atoms with van der Waals surface area (Å²) in [5, 5.41) is 3.87. The van der Waals surface area contributed by atoms with E-state index in [0.29, 0.717) is 18.0 Å². The predicted molar refractivity (Wildman–Crippen MR) is 126 cm³/mol. The van der Waals surface area contributed by atoms with Gasteiger partial charge in [-0.25, -0.2) is 0 Å². The Morgan fingerprint density at radius 3 is 2.23 bits per heavy atom. The SMILES string of the molecule is CC[C@@H](C(=O)NC1CCCCC1)N(Cc1ccc(C)cc1)C(=O)Cc1ccc(Cl)cc1. The van der Waals surface area contributed by atoms with Gasteiger partial charge in [0, 0.05) is 17.6 Å². The van der Waals surface area contributed by atoms with Gasteiger partial charge in [-0.2, -0.15) is 0 Å². The number of nitrogens with one attached hydrogen (secondary N) is 1. The molecule has 0 spiro atoms. The van der Waals surface area contributed by atoms with Crippen LogP contribution in [0, 0.1) is 6.92 Å². The zero-order valence-corrected chi connectivity index (χ0v) is 19.3. The Morgan fingerprint density at radius 1 is 1.00 bits per heavy atom. The topological polar surface area (TPSA) is 49.4 Å². The maximum absolute atomic E-state index is 13.4. The molecule has 2 amide bonds. The molecule has 1 aliphatic carbocycles. The van der Waals surface area contributed by atoms with Gasteiger partial charge in [0.25, 0.3) is 0 Å². The second-order valence-corrected chi connectivity index (χ2v) is 9.01. The molecule has 166 valence electrons. The molecule has 1 atom stereocenters. The molecule has 31 heavy (non-hydrogen) atoms. The zero-order valence-electron chi connectivity index (χ0n) is 18.6. The minimum Gasteiger partial charge on any atom is -0.352 e. The van der Waals surface area contributed by atoms with Crippen LogP contribution in [-0.2, 0) is 22.6 Å². The summed E-state index contributed by atoms with van der Waals surface area (Å²) in [7, 11) is 0. The van der Waals surface area contributed by atoms with E-state index in [4.69, 9.17) is 11.6 Å². The van der Waals surface area contributed by atoms with Gasteiger partial charge in [-0.05, 0) is 49.4 Å². The average molecular weight is 441 g/mol. The van der Waals surface area contributed by atoms with Crippen LogP contribution in [0.1, 0.15) is 62.1 Å². The summed E-state index contributed by atoms with van der Waals surface area (Å²) < 4.78 is 0. The number of carbonyl (C=O) groups excluding carboxylic acids is 2. The number of benzene rings is 2. The van der Waals surface area contributed by atoms with E-state index in [-0.39, 0.29) is 24.3 Å². The van der Waals surface area contributed by atoms with E-state index >= 15 is 0 Å². The van der Waals surface area contributed by atoms with Crippen LogP contribution < -0.4 is 5.32 Å². The van der Waals surface area contributed by atoms with Gasteiger partial charge in [-0.15, -0.1) is 0 Å². The lowest BCUT2D eigenvalue weighted by atomic mass is 9.95. The first-order valence-corrected chi connectivity index (χ1v) is 11.7. The molecule has 1 N–H and O–H groups in total. The van der Waals surface area contributed by atoms with Crippen molar-refractivity contribution in [2.75, 3.05) is 0 Å². The van der Waals surface area contributed by atoms with Crippen molar-refractivity contribution in [1.29, 1.82) is 0 Å². The molecule has 2 aromatic carbocycles. The molecule has 4 nitrogen and oxygen atoms in total. The van der Waals surface area contributed by atoms with Crippen LogP contribution in [0.25, 0.3) is 0 Å². The molecule has 1 saturated carbocycles. The number of hydrogen-bond acceptors (Lipinski definition) is 2. The van der Waals surface area contributed by atoms with Crippen molar-refractivity contribution >= 4 is 23.4 Å². The van der Waals surface area contributed by atoms with Gasteiger partial charge in [0.05, 0.1) is 6.42 Å². The minimum atomic E-state index is -0.483. The molecule has 2 aromatic rings. The molecule has 0 heterocycles. The fourth-order valence-corrected chi connectivity index (χ4v) is 4.36. The normalized spacial score (nSPS) is 15.3. The lowest BCUT2D eigenvalue weighted by Crippen LogP contribution is -2.51. The Balaban J connectivity index is 1.79. The number of rotatable bonds is 8. The maximum atomic E-state index is 13.4. The lowest BCUT2D eigenvalue weighted by molar-refractivity contribution is -0.141. The van der Waals surface area contributed by atoms with Crippen LogP contribution in [0.2, 0.25) is 5.02 Å². The van der Waals surface area contributed by atoms with Gasteiger partial charge in [0.15, 0.2) is 0 Å². The maximum Gasteiger partial charge on any atom is 0.243 e. The van der Waals surface area contributed by atoms with E-state index in [1.54, 1.807) is 17.0 Å². The molecular formula is C26H33ClN2O2. The monoisotopic (exact) mass is 440 g/mol. The first-order chi connectivity index (χ1) is 15.0. The smallest absolute Gasteiger partial charge is 0.243 e. The van der Waals surface area contributed by atoms with E-state index < -0.39 is 6.04 Å². The third-order valence-electron chi connectivity index (χ3n) is 6.08. The minimum absolute atomic E-state index is 0.0361. The summed E-state index contributed by atoms with van der Waals surface area (Å²) in [6.45, 7) is 4.44. The highest BCUT2D eigenvalue weighted by Crippen LogP contribution is 2.20. The predicted octanol–water partition coefficient (Wildman–Crippen LogP) is 5.45. The van der Waals surface area contributed by atoms with E-state index in [1.165, 1.54) is 12.0 Å². The van der Waals surface area contributed by atoms with Crippen LogP contribution >= 0.6 is 11.6 Å². The van der Waals surface area contributed by atoms with Crippen molar-refractivity contribution in [3.05, 3.63) is 70.2 Å². The first-order valence-electron chi connectivity index (χ1n) is 11.4. The number of hydrogen-bond donors (Lipinski definition) is 1. The second kappa shape index (κ2) is 11.3. The molecule has 0 aromatic heterocycles. The van der Waals surface area contributed by atoms with Gasteiger partial charge < -0.3 is 10.2 Å². The van der Waals surface area contributed by atoms with Crippen LogP contribution in [0.4, 0.5) is 0 Å². The fraction of sp³-hybridized carbons (Fsp3) is 0.462. The molecule has 0 aliphatic heterocycles. The highest BCUT2D eigenvalue weighted by atomic mass is 35.5. The van der Waals surface area contributed by atoms with E-state index in [9.17, 15) is 9.59 Å². The quantitative estimate of drug-likeness (QED) is 0.593. The van der Waals surface area contributed by atoms with Crippen LogP contribution in [0.15, 0.2) is 48.5 Å². The Bertz CT molecular complexity index is 858. The van der Waals surface area contributed by atoms with Crippen LogP contribution in [0.3, 0.4) is 0 Å². The van der Waals surface area contributed by atoms with Gasteiger partial charge in [-0.3, -0.25) is 9.59 Å². The number of halogens is 1. The van der Waals surface area contributed by atoms with E-state index in [2.05, 4.69) is 5.32 Å². The summed E-state index contributed by atoms with van der Waals surface area (Å²) in [6.07, 6.45) is 6.43. The number of nitrogens with zero attached hydrogens (tertiary/aromatic N) is 1. The van der Waals surface area contributed by atoms with Gasteiger partial charge >= 0.3 is 0 Å². The Morgan fingerprint density at radius 2 is 1.61 bits per heavy atom. The van der Waals surface area contributed by atoms with Gasteiger partial charge in [0.1, 0.15) is 6.04 Å². The van der Waals surface area contributed by atoms with Crippen molar-refractivity contribution in [2.24, 2.45) is 0 Å². The summed E-state index contributed by atoms with van der Waals surface area (Å²) >= 11 is 5.99. The molecule has 1 fully saturated rings. The van der Waals surface area contributed by atoms with Crippen molar-refractivity contribution in [2.45, 2.75) is 77.4 Å². The highest BCUT2D eigenvalue weighted by Gasteiger charge is 2.30. The average Bonchev–Trinajstić information content (AvgIpc) is 2.77. The Kier molecular flexibility index (Phi) is 8.53. The molecule has 0 radical (unpaired) electrons. The number of amides is 2. The molecule has 5 heteroatoms. The highest BCUT2D eigenvalue weighted by molar-refractivity contribution is 6.30. The van der Waals surface area contributed by atoms with Crippen molar-refractivity contribution in [3.8, 4) is 0 Å². The molecular weight excluding hydrogens is 408 g/mol. The summed E-state index contributed by atoms with van der Waals surface area (Å²) in [4.78, 5) is 28.3. The third kappa shape index (κ3) is 6.83. The standard InChI is InChI=1S/C26H33ClN2O2/c1-3-24(26(31)28-23-7-5-4-6-8-23)29(18-21-11-9-19(2)10-12-21)25(30)17-20-13-15-22(27)16-14-20/h9-16,23-24H,3-8,17-18H2,1-2H3,(H,28,31)/t24-/m0/s1. The lowest BCUT2D eigenvalue weighted by Gasteiger charge is -2.33. The van der Waals surface area contributed by atoms with Gasteiger partial charge in [0.2, 0.25) is 11.8 Å². The number of aryl methyl sites for hydroxylation is 1. The largest absolute Gasteiger partial charge is 0.352 e.